The summed E-state index contributed by atoms with van der Waals surface area (Å²) in [6.45, 7) is 18.9. The van der Waals surface area contributed by atoms with Gasteiger partial charge in [-0.2, -0.15) is 0 Å². The minimum Gasteiger partial charge on any atom is -0.394 e. The predicted octanol–water partition coefficient (Wildman–Crippen LogP) is 5.78. The van der Waals surface area contributed by atoms with E-state index in [1.165, 1.54) is 0 Å². The highest BCUT2D eigenvalue weighted by molar-refractivity contribution is 8.02. The summed E-state index contributed by atoms with van der Waals surface area (Å²) in [6, 6.07) is 14.5. The molecule has 2 aromatic rings. The summed E-state index contributed by atoms with van der Waals surface area (Å²) < 4.78 is -0.802. The Kier molecular flexibility index (Phi) is 10.2. The number of likely N-dealkylation sites (tertiary alicyclic amines) is 1. The molecule has 3 fully saturated rings. The highest BCUT2D eigenvalue weighted by Crippen LogP contribution is 2.69. The number of aliphatic hydroxyl groups is 1. The highest BCUT2D eigenvalue weighted by atomic mass is 32.2. The lowest BCUT2D eigenvalue weighted by atomic mass is 9.65. The number of rotatable bonds is 13. The molecule has 3 heterocycles. The number of hydrogen-bond acceptors (Lipinski definition) is 5. The fourth-order valence-corrected chi connectivity index (χ4v) is 10.6. The maximum atomic E-state index is 15.2. The lowest BCUT2D eigenvalue weighted by Gasteiger charge is -2.43. The Labute approximate surface area is 278 Å². The van der Waals surface area contributed by atoms with Gasteiger partial charge < -0.3 is 19.8 Å². The average Bonchev–Trinajstić information content (AvgIpc) is 3.64. The van der Waals surface area contributed by atoms with Crippen LogP contribution >= 0.6 is 11.8 Å². The van der Waals surface area contributed by atoms with Crippen molar-refractivity contribution < 1.29 is 19.5 Å². The van der Waals surface area contributed by atoms with Gasteiger partial charge in [-0.25, -0.2) is 0 Å². The number of carbonyl (C=O) groups is 3. The third-order valence-electron chi connectivity index (χ3n) is 10.7. The van der Waals surface area contributed by atoms with Crippen LogP contribution in [0.4, 0.5) is 5.69 Å². The zero-order chi connectivity index (χ0) is 33.3. The Morgan fingerprint density at radius 1 is 1.11 bits per heavy atom. The number of aliphatic hydroxyl groups excluding tert-OH is 1. The summed E-state index contributed by atoms with van der Waals surface area (Å²) in [7, 11) is 0. The zero-order valence-electron chi connectivity index (χ0n) is 27.9. The molecule has 0 radical (unpaired) electrons. The van der Waals surface area contributed by atoms with Crippen LogP contribution in [-0.4, -0.2) is 74.4 Å². The number of amides is 3. The average molecular weight is 644 g/mol. The molecule has 46 heavy (non-hydrogen) atoms. The molecule has 1 N–H and O–H groups in total. The van der Waals surface area contributed by atoms with Crippen molar-refractivity contribution in [2.24, 2.45) is 23.7 Å². The molecule has 8 atom stereocenters. The summed E-state index contributed by atoms with van der Waals surface area (Å²) in [4.78, 5) is 50.0. The second-order valence-electron chi connectivity index (χ2n) is 13.5. The number of hydrogen-bond donors (Lipinski definition) is 1. The van der Waals surface area contributed by atoms with Crippen LogP contribution in [0.2, 0.25) is 0 Å². The van der Waals surface area contributed by atoms with Crippen molar-refractivity contribution in [1.29, 1.82) is 0 Å². The van der Waals surface area contributed by atoms with E-state index in [9.17, 15) is 14.7 Å². The molecule has 0 saturated carbocycles. The van der Waals surface area contributed by atoms with Gasteiger partial charge in [0.25, 0.3) is 5.91 Å². The standard InChI is InChI=1S/C38H49N3O4S/c1-8-18-39(22-28-14-12-11-13-15-28)35(43)32-31-21-27(7)38(46-31)33(32)36(44)41(30(23-42)25(5)10-3)34(38)37(45)40(19-9-2)29-20-24(4)16-17-26(29)6/h8-9,11-17,20,25,27,30-34,42H,1-2,10,18-19,21-23H2,3-7H3/t25-,27?,30-,31+,32-,33-,34?,38?/m0/s1. The zero-order valence-corrected chi connectivity index (χ0v) is 28.7. The van der Waals surface area contributed by atoms with Crippen molar-refractivity contribution in [3.8, 4) is 0 Å². The van der Waals surface area contributed by atoms with E-state index in [2.05, 4.69) is 20.1 Å². The van der Waals surface area contributed by atoms with E-state index in [1.54, 1.807) is 38.6 Å². The number of carbonyl (C=O) groups excluding carboxylic acids is 3. The summed E-state index contributed by atoms with van der Waals surface area (Å²) in [5.74, 6) is -1.69. The third kappa shape index (κ3) is 5.62. The van der Waals surface area contributed by atoms with E-state index >= 15 is 4.79 Å². The first-order valence-electron chi connectivity index (χ1n) is 16.6. The van der Waals surface area contributed by atoms with Gasteiger partial charge in [-0.1, -0.05) is 81.8 Å². The van der Waals surface area contributed by atoms with E-state index in [-0.39, 0.29) is 48.0 Å². The summed E-state index contributed by atoms with van der Waals surface area (Å²) in [5, 5.41) is 10.7. The van der Waals surface area contributed by atoms with Gasteiger partial charge in [-0.3, -0.25) is 14.4 Å². The molecule has 3 aliphatic heterocycles. The molecule has 2 aromatic carbocycles. The SMILES string of the molecule is C=CCN(Cc1ccccc1)C(=O)[C@@H]1[C@H]2C(=O)N([C@@H](CO)[C@@H](C)CC)C(C(=O)N(CC=C)c3cc(C)ccc3C)C23S[C@@H]1CC3C. The first-order valence-corrected chi connectivity index (χ1v) is 17.5. The molecule has 3 saturated heterocycles. The van der Waals surface area contributed by atoms with Crippen LogP contribution in [0.5, 0.6) is 0 Å². The number of anilines is 1. The maximum absolute atomic E-state index is 15.2. The van der Waals surface area contributed by atoms with Gasteiger partial charge in [-0.15, -0.1) is 24.9 Å². The Morgan fingerprint density at radius 3 is 2.43 bits per heavy atom. The fraction of sp³-hybridized carbons (Fsp3) is 0.500. The molecule has 7 nitrogen and oxygen atoms in total. The Balaban J connectivity index is 1.63. The van der Waals surface area contributed by atoms with Gasteiger partial charge in [0.15, 0.2) is 0 Å². The summed E-state index contributed by atoms with van der Waals surface area (Å²) in [5.41, 5.74) is 3.78. The van der Waals surface area contributed by atoms with E-state index in [4.69, 9.17) is 0 Å². The monoisotopic (exact) mass is 643 g/mol. The number of benzene rings is 2. The van der Waals surface area contributed by atoms with Crippen LogP contribution in [0.3, 0.4) is 0 Å². The van der Waals surface area contributed by atoms with Crippen molar-refractivity contribution in [3.05, 3.63) is 90.5 Å². The second-order valence-corrected chi connectivity index (χ2v) is 15.0. The van der Waals surface area contributed by atoms with E-state index in [0.29, 0.717) is 13.1 Å². The van der Waals surface area contributed by atoms with Gasteiger partial charge in [0.1, 0.15) is 6.04 Å². The van der Waals surface area contributed by atoms with Crippen molar-refractivity contribution in [2.45, 2.75) is 76.1 Å². The second kappa shape index (κ2) is 13.8. The number of aryl methyl sites for hydroxylation is 2. The molecule has 246 valence electrons. The molecular formula is C38H49N3O4S. The van der Waals surface area contributed by atoms with Crippen LogP contribution in [0.15, 0.2) is 73.8 Å². The van der Waals surface area contributed by atoms with Gasteiger partial charge in [0.05, 0.1) is 29.2 Å². The molecule has 3 aliphatic rings. The third-order valence-corrected chi connectivity index (χ3v) is 12.7. The largest absolute Gasteiger partial charge is 0.394 e. The smallest absolute Gasteiger partial charge is 0.251 e. The molecule has 3 unspecified atom stereocenters. The predicted molar refractivity (Wildman–Crippen MR) is 186 cm³/mol. The minimum absolute atomic E-state index is 0.0156. The number of nitrogens with zero attached hydrogens (tertiary/aromatic N) is 3. The normalized spacial score (nSPS) is 27.7. The van der Waals surface area contributed by atoms with Crippen LogP contribution < -0.4 is 4.90 Å². The Hall–Kier alpha value is -3.36. The molecule has 5 rings (SSSR count). The van der Waals surface area contributed by atoms with Crippen molar-refractivity contribution in [2.75, 3.05) is 24.6 Å². The topological polar surface area (TPSA) is 81.2 Å². The first-order chi connectivity index (χ1) is 22.0. The van der Waals surface area contributed by atoms with Crippen LogP contribution in [0.1, 0.15) is 50.3 Å². The Bertz CT molecular complexity index is 1480. The molecule has 0 aromatic heterocycles. The molecular weight excluding hydrogens is 595 g/mol. The molecule has 8 heteroatoms. The highest BCUT2D eigenvalue weighted by Gasteiger charge is 2.77. The van der Waals surface area contributed by atoms with Crippen molar-refractivity contribution in [1.82, 2.24) is 9.80 Å². The summed E-state index contributed by atoms with van der Waals surface area (Å²) in [6.07, 6.45) is 4.93. The van der Waals surface area contributed by atoms with Gasteiger partial charge in [-0.05, 0) is 54.9 Å². The van der Waals surface area contributed by atoms with Gasteiger partial charge in [0.2, 0.25) is 11.8 Å². The van der Waals surface area contributed by atoms with Crippen molar-refractivity contribution >= 4 is 35.2 Å². The van der Waals surface area contributed by atoms with Gasteiger partial charge in [0, 0.05) is 30.6 Å². The first kappa shape index (κ1) is 34.0. The lowest BCUT2D eigenvalue weighted by Crippen LogP contribution is -2.60. The van der Waals surface area contributed by atoms with E-state index in [1.807, 2.05) is 76.2 Å². The molecule has 0 aliphatic carbocycles. The minimum atomic E-state index is -0.833. The fourth-order valence-electron chi connectivity index (χ4n) is 8.19. The Morgan fingerprint density at radius 2 is 1.80 bits per heavy atom. The molecule has 3 amide bonds. The van der Waals surface area contributed by atoms with Crippen LogP contribution in [-0.2, 0) is 20.9 Å². The van der Waals surface area contributed by atoms with E-state index in [0.717, 1.165) is 35.2 Å². The molecule has 1 spiro atoms. The quantitative estimate of drug-likeness (QED) is 0.280. The van der Waals surface area contributed by atoms with Crippen molar-refractivity contribution in [3.63, 3.8) is 0 Å². The molecule has 2 bridgehead atoms. The van der Waals surface area contributed by atoms with Crippen LogP contribution in [0.25, 0.3) is 0 Å². The van der Waals surface area contributed by atoms with E-state index < -0.39 is 28.7 Å². The van der Waals surface area contributed by atoms with Crippen LogP contribution in [0, 0.1) is 37.5 Å². The number of thioether (sulfide) groups is 1. The summed E-state index contributed by atoms with van der Waals surface area (Å²) >= 11 is 1.67. The maximum Gasteiger partial charge on any atom is 0.251 e. The lowest BCUT2D eigenvalue weighted by molar-refractivity contribution is -0.146. The van der Waals surface area contributed by atoms with Gasteiger partial charge >= 0.3 is 0 Å². The number of fused-ring (bicyclic) bond motifs is 1.